The van der Waals surface area contributed by atoms with Crippen LogP contribution in [-0.2, 0) is 13.1 Å². The smallest absolute Gasteiger partial charge is 0.146 e. The van der Waals surface area contributed by atoms with Crippen molar-refractivity contribution in [3.8, 4) is 0 Å². The van der Waals surface area contributed by atoms with E-state index in [1.165, 1.54) is 6.07 Å². The fraction of sp³-hybridized carbons (Fsp3) is 0.286. The van der Waals surface area contributed by atoms with E-state index in [9.17, 15) is 4.39 Å². The zero-order valence-corrected chi connectivity index (χ0v) is 10.8. The van der Waals surface area contributed by atoms with Crippen molar-refractivity contribution in [3.05, 3.63) is 48.4 Å². The van der Waals surface area contributed by atoms with E-state index >= 15 is 0 Å². The number of nitrogens with zero attached hydrogens (tertiary/aromatic N) is 4. The van der Waals surface area contributed by atoms with Crippen molar-refractivity contribution in [1.29, 1.82) is 0 Å². The highest BCUT2D eigenvalue weighted by atomic mass is 19.1. The molecule has 0 aliphatic carbocycles. The maximum absolute atomic E-state index is 13.6. The van der Waals surface area contributed by atoms with Crippen LogP contribution in [0.4, 0.5) is 4.39 Å². The van der Waals surface area contributed by atoms with Gasteiger partial charge >= 0.3 is 0 Å². The van der Waals surface area contributed by atoms with E-state index in [1.54, 1.807) is 18.5 Å². The second kappa shape index (κ2) is 4.84. The summed E-state index contributed by atoms with van der Waals surface area (Å²) in [6.45, 7) is 3.56. The van der Waals surface area contributed by atoms with Gasteiger partial charge < -0.3 is 4.57 Å². The summed E-state index contributed by atoms with van der Waals surface area (Å²) in [7, 11) is 0. The summed E-state index contributed by atoms with van der Waals surface area (Å²) in [6.07, 6.45) is 4.47. The maximum Gasteiger partial charge on any atom is 0.146 e. The molecule has 5 heteroatoms. The first-order chi connectivity index (χ1) is 9.29. The van der Waals surface area contributed by atoms with Crippen LogP contribution in [0.25, 0.3) is 10.9 Å². The summed E-state index contributed by atoms with van der Waals surface area (Å²) in [5.41, 5.74) is 0.881. The average molecular weight is 258 g/mol. The molecule has 3 aromatic rings. The van der Waals surface area contributed by atoms with Crippen LogP contribution in [-0.4, -0.2) is 19.3 Å². The first-order valence-electron chi connectivity index (χ1n) is 6.39. The minimum atomic E-state index is -0.189. The van der Waals surface area contributed by atoms with Crippen LogP contribution < -0.4 is 0 Å². The minimum Gasteiger partial charge on any atom is -0.340 e. The molecule has 0 spiro atoms. The van der Waals surface area contributed by atoms with Crippen molar-refractivity contribution in [2.45, 2.75) is 26.4 Å². The topological polar surface area (TPSA) is 35.6 Å². The molecule has 0 aliphatic heterocycles. The largest absolute Gasteiger partial charge is 0.340 e. The number of rotatable bonds is 4. The molecule has 0 saturated heterocycles. The lowest BCUT2D eigenvalue weighted by molar-refractivity contribution is 0.557. The highest BCUT2D eigenvalue weighted by Gasteiger charge is 2.08. The van der Waals surface area contributed by atoms with Gasteiger partial charge in [0.15, 0.2) is 0 Å². The third-order valence-electron chi connectivity index (χ3n) is 3.20. The number of aromatic nitrogens is 4. The fourth-order valence-corrected chi connectivity index (χ4v) is 2.29. The van der Waals surface area contributed by atoms with Gasteiger partial charge in [-0.1, -0.05) is 13.0 Å². The quantitative estimate of drug-likeness (QED) is 0.721. The standard InChI is InChI=1S/C14H15FN4/c1-2-7-19-14(16-10-17-19)9-18-8-6-11-12(15)4-3-5-13(11)18/h3-6,8,10H,2,7,9H2,1H3. The fourth-order valence-electron chi connectivity index (χ4n) is 2.29. The van der Waals surface area contributed by atoms with Gasteiger partial charge in [-0.25, -0.2) is 14.1 Å². The number of benzene rings is 1. The van der Waals surface area contributed by atoms with E-state index in [1.807, 2.05) is 21.5 Å². The molecule has 98 valence electrons. The van der Waals surface area contributed by atoms with Crippen LogP contribution in [0.1, 0.15) is 19.2 Å². The van der Waals surface area contributed by atoms with Crippen molar-refractivity contribution in [3.63, 3.8) is 0 Å². The van der Waals surface area contributed by atoms with E-state index in [0.29, 0.717) is 11.9 Å². The third-order valence-corrected chi connectivity index (χ3v) is 3.20. The summed E-state index contributed by atoms with van der Waals surface area (Å²) in [5.74, 6) is 0.704. The monoisotopic (exact) mass is 258 g/mol. The maximum atomic E-state index is 13.6. The van der Waals surface area contributed by atoms with E-state index < -0.39 is 0 Å². The number of aryl methyl sites for hydroxylation is 1. The van der Waals surface area contributed by atoms with Gasteiger partial charge in [0.25, 0.3) is 0 Å². The Labute approximate surface area is 110 Å². The van der Waals surface area contributed by atoms with Gasteiger partial charge in [0, 0.05) is 18.1 Å². The summed E-state index contributed by atoms with van der Waals surface area (Å²) in [4.78, 5) is 4.28. The van der Waals surface area contributed by atoms with Crippen LogP contribution >= 0.6 is 0 Å². The predicted octanol–water partition coefficient (Wildman–Crippen LogP) is 2.83. The molecule has 0 bridgehead atoms. The lowest BCUT2D eigenvalue weighted by atomic mass is 10.2. The number of hydrogen-bond donors (Lipinski definition) is 0. The first kappa shape index (κ1) is 11.9. The van der Waals surface area contributed by atoms with Crippen LogP contribution in [0.2, 0.25) is 0 Å². The van der Waals surface area contributed by atoms with Crippen LogP contribution in [0, 0.1) is 5.82 Å². The normalized spacial score (nSPS) is 11.3. The molecule has 0 N–H and O–H groups in total. The van der Waals surface area contributed by atoms with Crippen molar-refractivity contribution in [1.82, 2.24) is 19.3 Å². The molecule has 19 heavy (non-hydrogen) atoms. The van der Waals surface area contributed by atoms with Crippen molar-refractivity contribution in [2.75, 3.05) is 0 Å². The Hall–Kier alpha value is -2.17. The van der Waals surface area contributed by atoms with Crippen LogP contribution in [0.15, 0.2) is 36.8 Å². The van der Waals surface area contributed by atoms with Crippen molar-refractivity contribution in [2.24, 2.45) is 0 Å². The van der Waals surface area contributed by atoms with E-state index in [0.717, 1.165) is 24.3 Å². The van der Waals surface area contributed by atoms with Crippen LogP contribution in [0.3, 0.4) is 0 Å². The molecule has 1 aromatic carbocycles. The Kier molecular flexibility index (Phi) is 3.03. The van der Waals surface area contributed by atoms with Gasteiger partial charge in [-0.05, 0) is 24.6 Å². The molecule has 3 rings (SSSR count). The molecule has 0 fully saturated rings. The molecular formula is C14H15FN4. The van der Waals surface area contributed by atoms with Crippen molar-refractivity contribution < 1.29 is 4.39 Å². The molecule has 0 saturated carbocycles. The zero-order chi connectivity index (χ0) is 13.2. The lowest BCUT2D eigenvalue weighted by Crippen LogP contribution is -2.09. The SMILES string of the molecule is CCCn1ncnc1Cn1ccc2c(F)cccc21. The summed E-state index contributed by atoms with van der Waals surface area (Å²) in [6, 6.07) is 6.92. The van der Waals surface area contributed by atoms with Crippen molar-refractivity contribution >= 4 is 10.9 Å². The highest BCUT2D eigenvalue weighted by molar-refractivity contribution is 5.80. The molecule has 4 nitrogen and oxygen atoms in total. The minimum absolute atomic E-state index is 0.189. The van der Waals surface area contributed by atoms with Gasteiger partial charge in [0.2, 0.25) is 0 Å². The molecule has 0 aliphatic rings. The Bertz CT molecular complexity index is 698. The van der Waals surface area contributed by atoms with Gasteiger partial charge in [-0.15, -0.1) is 0 Å². The Balaban J connectivity index is 1.97. The van der Waals surface area contributed by atoms with E-state index in [2.05, 4.69) is 17.0 Å². The summed E-state index contributed by atoms with van der Waals surface area (Å²) < 4.78 is 17.5. The average Bonchev–Trinajstić information content (AvgIpc) is 3.00. The second-order valence-corrected chi connectivity index (χ2v) is 4.52. The highest BCUT2D eigenvalue weighted by Crippen LogP contribution is 2.19. The Morgan fingerprint density at radius 1 is 1.26 bits per heavy atom. The Morgan fingerprint density at radius 2 is 2.16 bits per heavy atom. The second-order valence-electron chi connectivity index (χ2n) is 4.52. The van der Waals surface area contributed by atoms with Gasteiger partial charge in [-0.2, -0.15) is 5.10 Å². The number of hydrogen-bond acceptors (Lipinski definition) is 2. The van der Waals surface area contributed by atoms with Gasteiger partial charge in [0.1, 0.15) is 18.0 Å². The Morgan fingerprint density at radius 3 is 3.00 bits per heavy atom. The molecule has 0 radical (unpaired) electrons. The molecule has 0 unspecified atom stereocenters. The number of halogens is 1. The van der Waals surface area contributed by atoms with Crippen LogP contribution in [0.5, 0.6) is 0 Å². The molecular weight excluding hydrogens is 243 g/mol. The third kappa shape index (κ3) is 2.12. The summed E-state index contributed by atoms with van der Waals surface area (Å²) in [5, 5.41) is 4.84. The predicted molar refractivity (Wildman–Crippen MR) is 71.3 cm³/mol. The lowest BCUT2D eigenvalue weighted by Gasteiger charge is -2.07. The van der Waals surface area contributed by atoms with E-state index in [4.69, 9.17) is 0 Å². The van der Waals surface area contributed by atoms with Gasteiger partial charge in [-0.3, -0.25) is 0 Å². The zero-order valence-electron chi connectivity index (χ0n) is 10.8. The molecule has 2 aromatic heterocycles. The first-order valence-corrected chi connectivity index (χ1v) is 6.39. The molecule has 0 amide bonds. The molecule has 2 heterocycles. The van der Waals surface area contributed by atoms with E-state index in [-0.39, 0.29) is 5.82 Å². The number of fused-ring (bicyclic) bond motifs is 1. The summed E-state index contributed by atoms with van der Waals surface area (Å²) >= 11 is 0. The van der Waals surface area contributed by atoms with Gasteiger partial charge in [0.05, 0.1) is 12.1 Å². The molecule has 0 atom stereocenters.